The number of rotatable bonds is 1. The van der Waals surface area contributed by atoms with Crippen LogP contribution in [0.25, 0.3) is 0 Å². The maximum Gasteiger partial charge on any atom is 0.330 e. The third-order valence-corrected chi connectivity index (χ3v) is 1.82. The summed E-state index contributed by atoms with van der Waals surface area (Å²) < 4.78 is 0. The Bertz CT molecular complexity index is 408. The number of hydrogen-bond acceptors (Lipinski definition) is 3. The second-order valence-corrected chi connectivity index (χ2v) is 3.01. The van der Waals surface area contributed by atoms with E-state index in [-0.39, 0.29) is 16.3 Å². The van der Waals surface area contributed by atoms with E-state index < -0.39 is 11.9 Å². The molecule has 0 aliphatic rings. The Kier molecular flexibility index (Phi) is 3.35. The predicted octanol–water partition coefficient (Wildman–Crippen LogP) is 0.359. The number of nitrogens with two attached hydrogens (primary N) is 1. The average molecular weight is 230 g/mol. The molecule has 0 heterocycles. The number of primary amides is 1. The summed E-state index contributed by atoms with van der Waals surface area (Å²) in [5.41, 5.74) is 8.67. The Morgan fingerprint density at radius 1 is 1.33 bits per heavy atom. The van der Waals surface area contributed by atoms with Crippen LogP contribution >= 0.6 is 11.6 Å². The number of hydrogen-bond donors (Lipinski definition) is 4. The first-order valence-electron chi connectivity index (χ1n) is 3.85. The van der Waals surface area contributed by atoms with Gasteiger partial charge in [0.2, 0.25) is 0 Å². The summed E-state index contributed by atoms with van der Waals surface area (Å²) in [6.45, 7) is 0. The van der Waals surface area contributed by atoms with E-state index in [1.165, 1.54) is 18.2 Å². The monoisotopic (exact) mass is 229 g/mol. The summed E-state index contributed by atoms with van der Waals surface area (Å²) in [6.07, 6.45) is 0. The van der Waals surface area contributed by atoms with Crippen LogP contribution in [0, 0.1) is 0 Å². The minimum Gasteiger partial charge on any atom is -0.508 e. The number of urea groups is 1. The molecule has 80 valence electrons. The highest BCUT2D eigenvalue weighted by Gasteiger charge is 2.11. The fraction of sp³-hybridized carbons (Fsp3) is 0. The van der Waals surface area contributed by atoms with Gasteiger partial charge in [0.1, 0.15) is 5.75 Å². The van der Waals surface area contributed by atoms with Crippen LogP contribution in [-0.2, 0) is 0 Å². The lowest BCUT2D eigenvalue weighted by Crippen LogP contribution is -2.44. The molecule has 1 aromatic carbocycles. The van der Waals surface area contributed by atoms with Crippen molar-refractivity contribution in [2.45, 2.75) is 0 Å². The zero-order valence-electron chi connectivity index (χ0n) is 7.45. The van der Waals surface area contributed by atoms with E-state index in [2.05, 4.69) is 0 Å². The number of aromatic hydroxyl groups is 1. The molecule has 1 aromatic rings. The third-order valence-electron chi connectivity index (χ3n) is 1.49. The molecule has 0 saturated heterocycles. The average Bonchev–Trinajstić information content (AvgIpc) is 2.18. The fourth-order valence-electron chi connectivity index (χ4n) is 0.873. The zero-order chi connectivity index (χ0) is 11.4. The molecular formula is C8H8ClN3O3. The molecular weight excluding hydrogens is 222 g/mol. The highest BCUT2D eigenvalue weighted by molar-refractivity contribution is 6.33. The molecule has 0 unspecified atom stereocenters. The quantitative estimate of drug-likeness (QED) is 0.523. The van der Waals surface area contributed by atoms with Crippen LogP contribution in [0.2, 0.25) is 5.02 Å². The fourth-order valence-corrected chi connectivity index (χ4v) is 1.08. The number of amides is 3. The van der Waals surface area contributed by atoms with Gasteiger partial charge in [-0.1, -0.05) is 11.6 Å². The molecule has 0 bridgehead atoms. The van der Waals surface area contributed by atoms with E-state index in [0.717, 1.165) is 0 Å². The highest BCUT2D eigenvalue weighted by Crippen LogP contribution is 2.20. The third kappa shape index (κ3) is 3.03. The zero-order valence-corrected chi connectivity index (χ0v) is 8.21. The molecule has 6 nitrogen and oxygen atoms in total. The number of phenols is 1. The maximum atomic E-state index is 11.3. The van der Waals surface area contributed by atoms with Crippen LogP contribution in [0.15, 0.2) is 18.2 Å². The molecule has 3 amide bonds. The molecule has 0 spiro atoms. The largest absolute Gasteiger partial charge is 0.508 e. The molecule has 7 heteroatoms. The summed E-state index contributed by atoms with van der Waals surface area (Å²) in [4.78, 5) is 21.6. The molecule has 0 aromatic heterocycles. The minimum atomic E-state index is -0.903. The smallest absolute Gasteiger partial charge is 0.330 e. The van der Waals surface area contributed by atoms with Crippen LogP contribution in [0.5, 0.6) is 5.75 Å². The Labute approximate surface area is 90.0 Å². The first kappa shape index (κ1) is 11.1. The number of nitrogens with one attached hydrogen (secondary N) is 2. The highest BCUT2D eigenvalue weighted by atomic mass is 35.5. The molecule has 5 N–H and O–H groups in total. The van der Waals surface area contributed by atoms with Gasteiger partial charge in [-0.2, -0.15) is 0 Å². The van der Waals surface area contributed by atoms with Crippen LogP contribution in [-0.4, -0.2) is 17.0 Å². The van der Waals surface area contributed by atoms with E-state index >= 15 is 0 Å². The van der Waals surface area contributed by atoms with Crippen LogP contribution in [0.4, 0.5) is 4.79 Å². The molecule has 0 saturated carbocycles. The van der Waals surface area contributed by atoms with Gasteiger partial charge < -0.3 is 10.8 Å². The lowest BCUT2D eigenvalue weighted by atomic mass is 10.2. The van der Waals surface area contributed by atoms with Gasteiger partial charge in [0.25, 0.3) is 5.91 Å². The van der Waals surface area contributed by atoms with Crippen LogP contribution in [0.1, 0.15) is 10.4 Å². The molecule has 0 radical (unpaired) electrons. The topological polar surface area (TPSA) is 104 Å². The van der Waals surface area contributed by atoms with Crippen molar-refractivity contribution in [3.63, 3.8) is 0 Å². The van der Waals surface area contributed by atoms with E-state index in [4.69, 9.17) is 22.4 Å². The molecule has 0 aliphatic heterocycles. The van der Waals surface area contributed by atoms with Crippen molar-refractivity contribution in [2.75, 3.05) is 0 Å². The number of halogens is 1. The first-order valence-corrected chi connectivity index (χ1v) is 4.23. The second-order valence-electron chi connectivity index (χ2n) is 2.61. The molecule has 0 atom stereocenters. The second kappa shape index (κ2) is 4.52. The SMILES string of the molecule is NC(=O)NNC(=O)c1cc(O)ccc1Cl. The van der Waals surface area contributed by atoms with Gasteiger partial charge in [0, 0.05) is 0 Å². The number of phenolic OH excluding ortho intramolecular Hbond substituents is 1. The van der Waals surface area contributed by atoms with Gasteiger partial charge in [0.05, 0.1) is 10.6 Å². The van der Waals surface area contributed by atoms with Crippen molar-refractivity contribution >= 4 is 23.5 Å². The Hall–Kier alpha value is -1.95. The summed E-state index contributed by atoms with van der Waals surface area (Å²) in [5.74, 6) is -0.779. The molecule has 1 rings (SSSR count). The van der Waals surface area contributed by atoms with Crippen molar-refractivity contribution in [1.29, 1.82) is 0 Å². The molecule has 15 heavy (non-hydrogen) atoms. The van der Waals surface area contributed by atoms with E-state index in [1.54, 1.807) is 0 Å². The van der Waals surface area contributed by atoms with Gasteiger partial charge in [0.15, 0.2) is 0 Å². The Balaban J connectivity index is 2.81. The lowest BCUT2D eigenvalue weighted by Gasteiger charge is -2.06. The van der Waals surface area contributed by atoms with E-state index in [9.17, 15) is 9.59 Å². The number of benzene rings is 1. The minimum absolute atomic E-state index is 0.0328. The van der Waals surface area contributed by atoms with Gasteiger partial charge in [-0.05, 0) is 18.2 Å². The van der Waals surface area contributed by atoms with Crippen molar-refractivity contribution in [2.24, 2.45) is 5.73 Å². The summed E-state index contributed by atoms with van der Waals surface area (Å²) in [7, 11) is 0. The van der Waals surface area contributed by atoms with Crippen LogP contribution in [0.3, 0.4) is 0 Å². The van der Waals surface area contributed by atoms with E-state index in [1.807, 2.05) is 10.9 Å². The van der Waals surface area contributed by atoms with E-state index in [0.29, 0.717) is 0 Å². The first-order chi connectivity index (χ1) is 7.00. The van der Waals surface area contributed by atoms with Crippen molar-refractivity contribution < 1.29 is 14.7 Å². The summed E-state index contributed by atoms with van der Waals surface area (Å²) in [5, 5.41) is 9.26. The molecule has 0 aliphatic carbocycles. The Morgan fingerprint density at radius 2 is 2.00 bits per heavy atom. The van der Waals surface area contributed by atoms with Crippen molar-refractivity contribution in [1.82, 2.24) is 10.9 Å². The number of hydrazine groups is 1. The van der Waals surface area contributed by atoms with Gasteiger partial charge in [-0.15, -0.1) is 0 Å². The summed E-state index contributed by atoms with van der Waals surface area (Å²) in [6, 6.07) is 2.96. The normalized spacial score (nSPS) is 9.40. The number of carbonyl (C=O) groups excluding carboxylic acids is 2. The van der Waals surface area contributed by atoms with Gasteiger partial charge in [-0.3, -0.25) is 10.2 Å². The van der Waals surface area contributed by atoms with Crippen molar-refractivity contribution in [3.05, 3.63) is 28.8 Å². The van der Waals surface area contributed by atoms with Crippen LogP contribution < -0.4 is 16.6 Å². The van der Waals surface area contributed by atoms with Gasteiger partial charge in [-0.25, -0.2) is 10.2 Å². The Morgan fingerprint density at radius 3 is 2.60 bits per heavy atom. The lowest BCUT2D eigenvalue weighted by molar-refractivity contribution is 0.0937. The van der Waals surface area contributed by atoms with Gasteiger partial charge >= 0.3 is 6.03 Å². The molecule has 0 fully saturated rings. The predicted molar refractivity (Wildman–Crippen MR) is 53.3 cm³/mol. The standard InChI is InChI=1S/C8H8ClN3O3/c9-6-2-1-4(13)3-5(6)7(14)11-12-8(10)15/h1-3,13H,(H,11,14)(H3,10,12,15). The van der Waals surface area contributed by atoms with Crippen molar-refractivity contribution in [3.8, 4) is 5.75 Å². The summed E-state index contributed by atoms with van der Waals surface area (Å²) >= 11 is 5.69. The maximum absolute atomic E-state index is 11.3. The number of carbonyl (C=O) groups is 2.